The number of anilines is 2. The van der Waals surface area contributed by atoms with Crippen LogP contribution in [0.3, 0.4) is 0 Å². The summed E-state index contributed by atoms with van der Waals surface area (Å²) in [6, 6.07) is 17.2. The third kappa shape index (κ3) is 3.89. The van der Waals surface area contributed by atoms with E-state index in [0.717, 1.165) is 18.8 Å². The summed E-state index contributed by atoms with van der Waals surface area (Å²) in [6.45, 7) is 6.23. The van der Waals surface area contributed by atoms with Gasteiger partial charge in [-0.3, -0.25) is 9.78 Å². The molecule has 1 aromatic carbocycles. The first-order valence-electron chi connectivity index (χ1n) is 11.7. The molecule has 4 aromatic heterocycles. The van der Waals surface area contributed by atoms with Gasteiger partial charge in [0.05, 0.1) is 11.1 Å². The third-order valence-corrected chi connectivity index (χ3v) is 6.38. The zero-order chi connectivity index (χ0) is 24.7. The van der Waals surface area contributed by atoms with Crippen molar-refractivity contribution in [1.29, 1.82) is 0 Å². The molecule has 0 unspecified atom stereocenters. The highest BCUT2D eigenvalue weighted by Crippen LogP contribution is 2.32. The first-order valence-corrected chi connectivity index (χ1v) is 11.7. The maximum absolute atomic E-state index is 13.3. The molecule has 5 heterocycles. The molecule has 0 fully saturated rings. The molecule has 0 atom stereocenters. The average Bonchev–Trinajstić information content (AvgIpc) is 2.90. The minimum absolute atomic E-state index is 0.0718. The SMILES string of the molecule is CC1(C)CNCc2cc(Nc3ncc4c(=O)n(-c5ccccn5)nc(-c5ccccn5)c4n3)ccc21. The fourth-order valence-corrected chi connectivity index (χ4v) is 4.61. The Kier molecular flexibility index (Phi) is 5.26. The van der Waals surface area contributed by atoms with Crippen LogP contribution in [0.25, 0.3) is 28.1 Å². The Morgan fingerprint density at radius 1 is 1.00 bits per heavy atom. The van der Waals surface area contributed by atoms with Gasteiger partial charge in [-0.05, 0) is 47.5 Å². The smallest absolute Gasteiger partial charge is 0.284 e. The Bertz CT molecular complexity index is 1630. The summed E-state index contributed by atoms with van der Waals surface area (Å²) in [7, 11) is 0. The van der Waals surface area contributed by atoms with Crippen molar-refractivity contribution in [1.82, 2.24) is 35.0 Å². The second-order valence-corrected chi connectivity index (χ2v) is 9.41. The van der Waals surface area contributed by atoms with Gasteiger partial charge >= 0.3 is 0 Å². The highest BCUT2D eigenvalue weighted by molar-refractivity contribution is 5.90. The van der Waals surface area contributed by atoms with Crippen molar-refractivity contribution in [2.45, 2.75) is 25.8 Å². The number of pyridine rings is 2. The van der Waals surface area contributed by atoms with Gasteiger partial charge < -0.3 is 10.6 Å². The molecule has 9 nitrogen and oxygen atoms in total. The molecule has 9 heteroatoms. The number of hydrogen-bond donors (Lipinski definition) is 2. The molecule has 0 spiro atoms. The summed E-state index contributed by atoms with van der Waals surface area (Å²) >= 11 is 0. The standard InChI is InChI=1S/C27H24N8O/c1-27(2)16-28-14-17-13-18(9-10-20(17)27)32-26-31-15-19-23(33-26)24(21-7-3-5-11-29-21)34-35(25(19)36)22-8-4-6-12-30-22/h3-13,15,28H,14,16H2,1-2H3,(H,31,32,33). The molecule has 5 aromatic rings. The first-order chi connectivity index (χ1) is 17.5. The van der Waals surface area contributed by atoms with Gasteiger partial charge in [0.1, 0.15) is 11.2 Å². The van der Waals surface area contributed by atoms with E-state index in [4.69, 9.17) is 4.98 Å². The van der Waals surface area contributed by atoms with Gasteiger partial charge in [-0.25, -0.2) is 15.0 Å². The van der Waals surface area contributed by atoms with Crippen molar-refractivity contribution in [3.63, 3.8) is 0 Å². The molecule has 0 aliphatic carbocycles. The maximum Gasteiger partial charge on any atom is 0.284 e. The van der Waals surface area contributed by atoms with Crippen LogP contribution in [-0.2, 0) is 12.0 Å². The fraction of sp³-hybridized carbons (Fsp3) is 0.185. The number of hydrogen-bond acceptors (Lipinski definition) is 8. The molecule has 36 heavy (non-hydrogen) atoms. The number of aromatic nitrogens is 6. The van der Waals surface area contributed by atoms with Gasteiger partial charge in [-0.1, -0.05) is 32.0 Å². The highest BCUT2D eigenvalue weighted by Gasteiger charge is 2.27. The summed E-state index contributed by atoms with van der Waals surface area (Å²) in [5, 5.41) is 11.7. The zero-order valence-electron chi connectivity index (χ0n) is 19.9. The number of fused-ring (bicyclic) bond motifs is 2. The van der Waals surface area contributed by atoms with Crippen LogP contribution in [-0.4, -0.2) is 36.3 Å². The van der Waals surface area contributed by atoms with Crippen LogP contribution in [0.1, 0.15) is 25.0 Å². The molecule has 6 rings (SSSR count). The second kappa shape index (κ2) is 8.62. The van der Waals surface area contributed by atoms with Crippen molar-refractivity contribution in [3.8, 4) is 17.2 Å². The van der Waals surface area contributed by atoms with E-state index in [0.29, 0.717) is 34.1 Å². The Balaban J connectivity index is 1.47. The van der Waals surface area contributed by atoms with E-state index in [9.17, 15) is 4.79 Å². The first kappa shape index (κ1) is 22.0. The number of benzene rings is 1. The third-order valence-electron chi connectivity index (χ3n) is 6.38. The van der Waals surface area contributed by atoms with Crippen LogP contribution in [0, 0.1) is 0 Å². The van der Waals surface area contributed by atoms with Gasteiger partial charge in [0.15, 0.2) is 5.82 Å². The van der Waals surface area contributed by atoms with Crippen LogP contribution < -0.4 is 16.2 Å². The van der Waals surface area contributed by atoms with Crippen LogP contribution in [0.2, 0.25) is 0 Å². The van der Waals surface area contributed by atoms with E-state index < -0.39 is 0 Å². The van der Waals surface area contributed by atoms with E-state index >= 15 is 0 Å². The molecule has 1 aliphatic rings. The van der Waals surface area contributed by atoms with Crippen molar-refractivity contribution >= 4 is 22.5 Å². The predicted molar refractivity (Wildman–Crippen MR) is 138 cm³/mol. The molecule has 0 amide bonds. The van der Waals surface area contributed by atoms with Crippen molar-refractivity contribution in [2.75, 3.05) is 11.9 Å². The molecular formula is C27H24N8O. The number of nitrogens with one attached hydrogen (secondary N) is 2. The Labute approximate surface area is 207 Å². The second-order valence-electron chi connectivity index (χ2n) is 9.41. The highest BCUT2D eigenvalue weighted by atomic mass is 16.1. The topological polar surface area (TPSA) is 111 Å². The van der Waals surface area contributed by atoms with E-state index in [1.54, 1.807) is 30.6 Å². The van der Waals surface area contributed by atoms with Crippen LogP contribution >= 0.6 is 0 Å². The van der Waals surface area contributed by atoms with Crippen LogP contribution in [0.15, 0.2) is 78.0 Å². The zero-order valence-corrected chi connectivity index (χ0v) is 19.9. The van der Waals surface area contributed by atoms with Crippen molar-refractivity contribution < 1.29 is 0 Å². The summed E-state index contributed by atoms with van der Waals surface area (Å²) in [5.74, 6) is 0.786. The molecule has 0 saturated carbocycles. The predicted octanol–water partition coefficient (Wildman–Crippen LogP) is 3.76. The summed E-state index contributed by atoms with van der Waals surface area (Å²) in [6.07, 6.45) is 4.83. The van der Waals surface area contributed by atoms with E-state index in [1.165, 1.54) is 22.0 Å². The van der Waals surface area contributed by atoms with Crippen molar-refractivity contribution in [3.05, 3.63) is 94.7 Å². The quantitative estimate of drug-likeness (QED) is 0.403. The molecular weight excluding hydrogens is 452 g/mol. The molecule has 178 valence electrons. The van der Waals surface area contributed by atoms with E-state index in [2.05, 4.69) is 56.7 Å². The van der Waals surface area contributed by atoms with Crippen molar-refractivity contribution in [2.24, 2.45) is 0 Å². The van der Waals surface area contributed by atoms with Gasteiger partial charge in [0, 0.05) is 42.8 Å². The monoisotopic (exact) mass is 476 g/mol. The Morgan fingerprint density at radius 3 is 2.61 bits per heavy atom. The largest absolute Gasteiger partial charge is 0.324 e. The normalized spacial score (nSPS) is 14.4. The lowest BCUT2D eigenvalue weighted by Crippen LogP contribution is -2.38. The Morgan fingerprint density at radius 2 is 1.83 bits per heavy atom. The molecule has 0 bridgehead atoms. The van der Waals surface area contributed by atoms with E-state index in [1.807, 2.05) is 24.3 Å². The molecule has 2 N–H and O–H groups in total. The lowest BCUT2D eigenvalue weighted by Gasteiger charge is -2.33. The van der Waals surface area contributed by atoms with E-state index in [-0.39, 0.29) is 11.0 Å². The lowest BCUT2D eigenvalue weighted by molar-refractivity contribution is 0.435. The summed E-state index contributed by atoms with van der Waals surface area (Å²) in [4.78, 5) is 31.2. The van der Waals surface area contributed by atoms with Gasteiger partial charge in [-0.2, -0.15) is 9.78 Å². The Hall–Kier alpha value is -4.50. The van der Waals surface area contributed by atoms with Crippen LogP contribution in [0.4, 0.5) is 11.6 Å². The average molecular weight is 477 g/mol. The lowest BCUT2D eigenvalue weighted by atomic mass is 9.79. The van der Waals surface area contributed by atoms with Crippen LogP contribution in [0.5, 0.6) is 0 Å². The summed E-state index contributed by atoms with van der Waals surface area (Å²) < 4.78 is 1.26. The number of rotatable bonds is 4. The molecule has 1 aliphatic heterocycles. The molecule has 0 radical (unpaired) electrons. The summed E-state index contributed by atoms with van der Waals surface area (Å²) in [5.41, 5.74) is 4.66. The minimum atomic E-state index is -0.350. The number of nitrogens with zero attached hydrogens (tertiary/aromatic N) is 6. The fourth-order valence-electron chi connectivity index (χ4n) is 4.61. The molecule has 0 saturated heterocycles. The maximum atomic E-state index is 13.3. The van der Waals surface area contributed by atoms with Gasteiger partial charge in [0.2, 0.25) is 5.95 Å². The van der Waals surface area contributed by atoms with Gasteiger partial charge in [-0.15, -0.1) is 0 Å². The minimum Gasteiger partial charge on any atom is -0.324 e. The van der Waals surface area contributed by atoms with Gasteiger partial charge in [0.25, 0.3) is 5.56 Å².